The number of benzene rings is 3. The van der Waals surface area contributed by atoms with E-state index in [4.69, 9.17) is 4.74 Å². The normalized spacial score (nSPS) is 15.8. The molecule has 0 saturated heterocycles. The van der Waals surface area contributed by atoms with Crippen LogP contribution < -0.4 is 9.64 Å². The maximum atomic E-state index is 13.3. The summed E-state index contributed by atoms with van der Waals surface area (Å²) < 4.78 is 5.32. The third-order valence-corrected chi connectivity index (χ3v) is 5.54. The molecule has 2 N–H and O–H groups in total. The highest BCUT2D eigenvalue weighted by atomic mass is 16.5. The molecular formula is C26H23NO5. The first-order valence-electron chi connectivity index (χ1n) is 10.3. The van der Waals surface area contributed by atoms with Gasteiger partial charge in [0.2, 0.25) is 0 Å². The van der Waals surface area contributed by atoms with Crippen molar-refractivity contribution in [2.45, 2.75) is 18.9 Å². The molecule has 0 bridgehead atoms. The highest BCUT2D eigenvalue weighted by Gasteiger charge is 2.44. The number of ketones is 1. The standard InChI is InChI=1S/C26H23NO5/c1-32-19-11-7-10-18(16-19)24-23(22(29)15-14-17-8-3-2-4-9-17)25(30)26(31)27(24)20-12-5-6-13-21(20)28/h2-13,16,24,28,30H,14-15H2,1H3. The average molecular weight is 429 g/mol. The number of aryl methyl sites for hydroxylation is 1. The Morgan fingerprint density at radius 3 is 2.41 bits per heavy atom. The first kappa shape index (κ1) is 21.2. The number of hydrogen-bond donors (Lipinski definition) is 2. The number of amides is 1. The SMILES string of the molecule is COc1cccc(C2C(C(=O)CCc3ccccc3)=C(O)C(=O)N2c2ccccc2O)c1. The second-order valence-corrected chi connectivity index (χ2v) is 7.51. The van der Waals surface area contributed by atoms with Crippen LogP contribution in [0.15, 0.2) is 90.2 Å². The molecule has 1 aliphatic rings. The zero-order valence-electron chi connectivity index (χ0n) is 17.6. The minimum atomic E-state index is -0.894. The van der Waals surface area contributed by atoms with Crippen molar-refractivity contribution in [2.75, 3.05) is 12.0 Å². The smallest absolute Gasteiger partial charge is 0.294 e. The quantitative estimate of drug-likeness (QED) is 0.577. The van der Waals surface area contributed by atoms with Crippen molar-refractivity contribution in [1.82, 2.24) is 0 Å². The Labute approximate surface area is 186 Å². The molecule has 1 heterocycles. The van der Waals surface area contributed by atoms with Crippen LogP contribution in [0.25, 0.3) is 0 Å². The van der Waals surface area contributed by atoms with Crippen LogP contribution in [0.1, 0.15) is 23.6 Å². The molecule has 1 aliphatic heterocycles. The number of hydrogen-bond acceptors (Lipinski definition) is 5. The molecule has 6 heteroatoms. The summed E-state index contributed by atoms with van der Waals surface area (Å²) in [5.41, 5.74) is 1.80. The first-order valence-corrected chi connectivity index (χ1v) is 10.3. The van der Waals surface area contributed by atoms with E-state index in [-0.39, 0.29) is 29.2 Å². The zero-order chi connectivity index (χ0) is 22.7. The second kappa shape index (κ2) is 8.98. The van der Waals surface area contributed by atoms with Gasteiger partial charge in [0.25, 0.3) is 5.91 Å². The maximum absolute atomic E-state index is 13.3. The summed E-state index contributed by atoms with van der Waals surface area (Å²) in [5.74, 6) is -1.24. The lowest BCUT2D eigenvalue weighted by atomic mass is 9.93. The second-order valence-electron chi connectivity index (χ2n) is 7.51. The van der Waals surface area contributed by atoms with Gasteiger partial charge in [-0.15, -0.1) is 0 Å². The van der Waals surface area contributed by atoms with Crippen LogP contribution in [0.5, 0.6) is 11.5 Å². The molecule has 1 unspecified atom stereocenters. The molecule has 3 aromatic carbocycles. The van der Waals surface area contributed by atoms with E-state index in [0.29, 0.717) is 17.7 Å². The number of aromatic hydroxyl groups is 1. The molecule has 162 valence electrons. The number of Topliss-reactive ketones (excluding diaryl/α,β-unsaturated/α-hetero) is 1. The topological polar surface area (TPSA) is 87.1 Å². The van der Waals surface area contributed by atoms with Crippen LogP contribution >= 0.6 is 0 Å². The van der Waals surface area contributed by atoms with Crippen molar-refractivity contribution in [3.8, 4) is 11.5 Å². The van der Waals surface area contributed by atoms with Gasteiger partial charge in [0.15, 0.2) is 11.5 Å². The van der Waals surface area contributed by atoms with E-state index >= 15 is 0 Å². The van der Waals surface area contributed by atoms with Gasteiger partial charge in [-0.25, -0.2) is 0 Å². The molecular weight excluding hydrogens is 406 g/mol. The highest BCUT2D eigenvalue weighted by molar-refractivity contribution is 6.17. The summed E-state index contributed by atoms with van der Waals surface area (Å²) in [4.78, 5) is 27.7. The van der Waals surface area contributed by atoms with E-state index < -0.39 is 17.7 Å². The van der Waals surface area contributed by atoms with E-state index in [1.54, 1.807) is 42.5 Å². The average Bonchev–Trinajstić information content (AvgIpc) is 3.09. The molecule has 0 saturated carbocycles. The van der Waals surface area contributed by atoms with Gasteiger partial charge in [0, 0.05) is 6.42 Å². The van der Waals surface area contributed by atoms with Gasteiger partial charge in [-0.1, -0.05) is 54.6 Å². The Morgan fingerprint density at radius 2 is 1.69 bits per heavy atom. The van der Waals surface area contributed by atoms with Crippen LogP contribution in [-0.2, 0) is 16.0 Å². The van der Waals surface area contributed by atoms with Crippen LogP contribution in [0.4, 0.5) is 5.69 Å². The molecule has 0 aromatic heterocycles. The number of phenols is 1. The van der Waals surface area contributed by atoms with Gasteiger partial charge in [-0.05, 0) is 41.8 Å². The molecule has 0 spiro atoms. The van der Waals surface area contributed by atoms with E-state index in [9.17, 15) is 19.8 Å². The highest BCUT2D eigenvalue weighted by Crippen LogP contribution is 2.44. The Hall–Kier alpha value is -4.06. The van der Waals surface area contributed by atoms with Crippen LogP contribution in [-0.4, -0.2) is 29.0 Å². The van der Waals surface area contributed by atoms with Crippen molar-refractivity contribution in [1.29, 1.82) is 0 Å². The third kappa shape index (κ3) is 3.95. The minimum absolute atomic E-state index is 0.0161. The number of ether oxygens (including phenoxy) is 1. The van der Waals surface area contributed by atoms with Crippen molar-refractivity contribution in [3.05, 3.63) is 101 Å². The fraction of sp³-hybridized carbons (Fsp3) is 0.154. The number of para-hydroxylation sites is 2. The number of methoxy groups -OCH3 is 1. The Morgan fingerprint density at radius 1 is 0.969 bits per heavy atom. The fourth-order valence-electron chi connectivity index (χ4n) is 3.97. The Bertz CT molecular complexity index is 1190. The number of nitrogens with zero attached hydrogens (tertiary/aromatic N) is 1. The van der Waals surface area contributed by atoms with Crippen LogP contribution in [0, 0.1) is 0 Å². The molecule has 0 radical (unpaired) electrons. The lowest BCUT2D eigenvalue weighted by Gasteiger charge is -2.27. The van der Waals surface area contributed by atoms with E-state index in [2.05, 4.69) is 0 Å². The van der Waals surface area contributed by atoms with Gasteiger partial charge < -0.3 is 14.9 Å². The van der Waals surface area contributed by atoms with E-state index in [1.807, 2.05) is 30.3 Å². The fourth-order valence-corrected chi connectivity index (χ4v) is 3.97. The van der Waals surface area contributed by atoms with Gasteiger partial charge in [-0.2, -0.15) is 0 Å². The summed E-state index contributed by atoms with van der Waals surface area (Å²) in [7, 11) is 1.53. The number of aliphatic hydroxyl groups is 1. The molecule has 1 amide bonds. The van der Waals surface area contributed by atoms with Crippen LogP contribution in [0.3, 0.4) is 0 Å². The van der Waals surface area contributed by atoms with Crippen LogP contribution in [0.2, 0.25) is 0 Å². The molecule has 3 aromatic rings. The van der Waals surface area contributed by atoms with Gasteiger partial charge >= 0.3 is 0 Å². The molecule has 0 aliphatic carbocycles. The Kier molecular flexibility index (Phi) is 5.94. The summed E-state index contributed by atoms with van der Waals surface area (Å²) in [6.07, 6.45) is 0.609. The van der Waals surface area contributed by atoms with Crippen molar-refractivity contribution >= 4 is 17.4 Å². The van der Waals surface area contributed by atoms with Crippen molar-refractivity contribution in [3.63, 3.8) is 0 Å². The number of aliphatic hydroxyl groups excluding tert-OH is 1. The lowest BCUT2D eigenvalue weighted by Crippen LogP contribution is -2.31. The number of carbonyl (C=O) groups excluding carboxylic acids is 2. The monoisotopic (exact) mass is 429 g/mol. The number of carbonyl (C=O) groups is 2. The van der Waals surface area contributed by atoms with Crippen molar-refractivity contribution in [2.24, 2.45) is 0 Å². The van der Waals surface area contributed by atoms with Gasteiger partial charge in [0.05, 0.1) is 24.4 Å². The maximum Gasteiger partial charge on any atom is 0.294 e. The molecule has 32 heavy (non-hydrogen) atoms. The molecule has 4 rings (SSSR count). The largest absolute Gasteiger partial charge is 0.506 e. The Balaban J connectivity index is 1.76. The minimum Gasteiger partial charge on any atom is -0.506 e. The third-order valence-electron chi connectivity index (χ3n) is 5.54. The molecule has 6 nitrogen and oxygen atoms in total. The summed E-state index contributed by atoms with van der Waals surface area (Å²) in [5, 5.41) is 21.2. The van der Waals surface area contributed by atoms with Gasteiger partial charge in [0.1, 0.15) is 11.5 Å². The molecule has 1 atom stereocenters. The number of phenolic OH excluding ortho intramolecular Hbond substituents is 1. The summed E-state index contributed by atoms with van der Waals surface area (Å²) >= 11 is 0. The predicted molar refractivity (Wildman–Crippen MR) is 121 cm³/mol. The number of anilines is 1. The van der Waals surface area contributed by atoms with Crippen molar-refractivity contribution < 1.29 is 24.5 Å². The predicted octanol–water partition coefficient (Wildman–Crippen LogP) is 4.50. The van der Waals surface area contributed by atoms with E-state index in [0.717, 1.165) is 5.56 Å². The first-order chi connectivity index (χ1) is 15.5. The summed E-state index contributed by atoms with van der Waals surface area (Å²) in [6.45, 7) is 0. The molecule has 0 fully saturated rings. The van der Waals surface area contributed by atoms with Gasteiger partial charge in [-0.3, -0.25) is 14.5 Å². The number of rotatable bonds is 7. The zero-order valence-corrected chi connectivity index (χ0v) is 17.6. The lowest BCUT2D eigenvalue weighted by molar-refractivity contribution is -0.118. The van der Waals surface area contributed by atoms with E-state index in [1.165, 1.54) is 18.1 Å². The summed E-state index contributed by atoms with van der Waals surface area (Å²) in [6, 6.07) is 22.0.